The van der Waals surface area contributed by atoms with Gasteiger partial charge in [0.05, 0.1) is 0 Å². The normalized spacial score (nSPS) is 25.0. The van der Waals surface area contributed by atoms with E-state index in [1.807, 2.05) is 0 Å². The highest BCUT2D eigenvalue weighted by molar-refractivity contribution is 5.85. The van der Waals surface area contributed by atoms with Gasteiger partial charge in [-0.25, -0.2) is 0 Å². The van der Waals surface area contributed by atoms with Crippen LogP contribution in [0.4, 0.5) is 0 Å². The van der Waals surface area contributed by atoms with Gasteiger partial charge in [0.15, 0.2) is 0 Å². The molecule has 4 heteroatoms. The lowest BCUT2D eigenvalue weighted by molar-refractivity contribution is -0.138. The highest BCUT2D eigenvalue weighted by Gasteiger charge is 2.36. The zero-order valence-corrected chi connectivity index (χ0v) is 10.5. The van der Waals surface area contributed by atoms with E-state index in [1.165, 1.54) is 25.7 Å². The molecule has 0 radical (unpaired) electrons. The summed E-state index contributed by atoms with van der Waals surface area (Å²) in [6.45, 7) is 2.31. The van der Waals surface area contributed by atoms with Gasteiger partial charge in [0.1, 0.15) is 0 Å². The average Bonchev–Trinajstić information content (AvgIpc) is 2.23. The molecule has 3 nitrogen and oxygen atoms in total. The van der Waals surface area contributed by atoms with Gasteiger partial charge in [-0.3, -0.25) is 4.79 Å². The number of nitrogens with one attached hydrogen (secondary N) is 1. The molecule has 1 aliphatic heterocycles. The number of carbonyl (C=O) groups is 1. The summed E-state index contributed by atoms with van der Waals surface area (Å²) in [7, 11) is 0. The lowest BCUT2D eigenvalue weighted by atomic mass is 9.65. The Kier molecular flexibility index (Phi) is 5.06. The van der Waals surface area contributed by atoms with E-state index in [4.69, 9.17) is 5.11 Å². The van der Waals surface area contributed by atoms with Crippen LogP contribution in [0.2, 0.25) is 0 Å². The van der Waals surface area contributed by atoms with Crippen molar-refractivity contribution in [1.82, 2.24) is 5.32 Å². The van der Waals surface area contributed by atoms with Gasteiger partial charge in [-0.1, -0.05) is 0 Å². The highest BCUT2D eigenvalue weighted by Crippen LogP contribution is 2.45. The molecule has 0 amide bonds. The number of halogens is 1. The fourth-order valence-corrected chi connectivity index (χ4v) is 3.20. The molecule has 1 spiro atoms. The van der Waals surface area contributed by atoms with E-state index in [-0.39, 0.29) is 12.4 Å². The molecule has 0 aromatic carbocycles. The summed E-state index contributed by atoms with van der Waals surface area (Å²) < 4.78 is 0. The summed E-state index contributed by atoms with van der Waals surface area (Å²) in [6, 6.07) is 0. The second kappa shape index (κ2) is 5.87. The molecular formula is C12H22ClNO2. The van der Waals surface area contributed by atoms with Crippen LogP contribution < -0.4 is 5.32 Å². The molecule has 0 atom stereocenters. The molecule has 1 aliphatic carbocycles. The van der Waals surface area contributed by atoms with E-state index in [9.17, 15) is 4.79 Å². The number of rotatable bonds is 2. The molecule has 1 saturated heterocycles. The van der Waals surface area contributed by atoms with Crippen molar-refractivity contribution >= 4 is 18.4 Å². The molecule has 0 bridgehead atoms. The Hall–Kier alpha value is -0.280. The predicted molar refractivity (Wildman–Crippen MR) is 66.0 cm³/mol. The van der Waals surface area contributed by atoms with Gasteiger partial charge in [0.2, 0.25) is 0 Å². The van der Waals surface area contributed by atoms with Gasteiger partial charge in [-0.15, -0.1) is 12.4 Å². The molecule has 0 aromatic heterocycles. The number of aliphatic carboxylic acids is 1. The maximum Gasteiger partial charge on any atom is 0.303 e. The monoisotopic (exact) mass is 247 g/mol. The van der Waals surface area contributed by atoms with Gasteiger partial charge in [0.25, 0.3) is 0 Å². The molecule has 2 aliphatic rings. The molecule has 94 valence electrons. The van der Waals surface area contributed by atoms with Crippen LogP contribution in [-0.2, 0) is 4.79 Å². The maximum atomic E-state index is 10.6. The van der Waals surface area contributed by atoms with Crippen molar-refractivity contribution in [3.63, 3.8) is 0 Å². The minimum absolute atomic E-state index is 0. The number of carboxylic acids is 1. The average molecular weight is 248 g/mol. The lowest BCUT2D eigenvalue weighted by Crippen LogP contribution is -2.39. The van der Waals surface area contributed by atoms with Gasteiger partial charge >= 0.3 is 5.97 Å². The Labute approximate surface area is 103 Å². The summed E-state index contributed by atoms with van der Waals surface area (Å²) in [6.07, 6.45) is 7.76. The number of piperidine rings is 1. The molecule has 1 saturated carbocycles. The number of carboxylic acid groups (broad SMARTS) is 1. The van der Waals surface area contributed by atoms with Crippen LogP contribution in [-0.4, -0.2) is 24.2 Å². The van der Waals surface area contributed by atoms with Crippen LogP contribution in [0.1, 0.15) is 44.9 Å². The maximum absolute atomic E-state index is 10.6. The molecule has 0 unspecified atom stereocenters. The molecule has 2 N–H and O–H groups in total. The first kappa shape index (κ1) is 13.8. The molecule has 2 fully saturated rings. The van der Waals surface area contributed by atoms with E-state index in [1.54, 1.807) is 0 Å². The van der Waals surface area contributed by atoms with E-state index < -0.39 is 5.97 Å². The van der Waals surface area contributed by atoms with E-state index in [2.05, 4.69) is 5.32 Å². The third-order valence-electron chi connectivity index (χ3n) is 4.29. The van der Waals surface area contributed by atoms with Gasteiger partial charge < -0.3 is 10.4 Å². The Balaban J connectivity index is 0.00000128. The van der Waals surface area contributed by atoms with Crippen molar-refractivity contribution in [2.75, 3.05) is 13.1 Å². The molecule has 0 aromatic rings. The van der Waals surface area contributed by atoms with E-state index in [0.29, 0.717) is 17.8 Å². The van der Waals surface area contributed by atoms with Crippen LogP contribution in [0.15, 0.2) is 0 Å². The summed E-state index contributed by atoms with van der Waals surface area (Å²) in [5.41, 5.74) is 0.570. The van der Waals surface area contributed by atoms with Crippen molar-refractivity contribution < 1.29 is 9.90 Å². The van der Waals surface area contributed by atoms with Crippen LogP contribution >= 0.6 is 12.4 Å². The summed E-state index contributed by atoms with van der Waals surface area (Å²) in [5, 5.41) is 12.2. The third-order valence-corrected chi connectivity index (χ3v) is 4.29. The Morgan fingerprint density at radius 1 is 1.19 bits per heavy atom. The van der Waals surface area contributed by atoms with Crippen molar-refractivity contribution in [1.29, 1.82) is 0 Å². The van der Waals surface area contributed by atoms with Crippen LogP contribution in [0.3, 0.4) is 0 Å². The Morgan fingerprint density at radius 3 is 2.25 bits per heavy atom. The van der Waals surface area contributed by atoms with Crippen LogP contribution in [0, 0.1) is 11.3 Å². The van der Waals surface area contributed by atoms with Crippen LogP contribution in [0.5, 0.6) is 0 Å². The van der Waals surface area contributed by atoms with Crippen molar-refractivity contribution in [3.05, 3.63) is 0 Å². The van der Waals surface area contributed by atoms with Gasteiger partial charge in [-0.2, -0.15) is 0 Å². The molecular weight excluding hydrogens is 226 g/mol. The SMILES string of the molecule is Cl.O=C(O)CC1CCC2(CCNCC2)CC1. The standard InChI is InChI=1S/C12H21NO2.ClH/c14-11(15)9-10-1-3-12(4-2-10)5-7-13-8-6-12;/h10,13H,1-9H2,(H,14,15);1H. The molecule has 16 heavy (non-hydrogen) atoms. The van der Waals surface area contributed by atoms with Crippen LogP contribution in [0.25, 0.3) is 0 Å². The quantitative estimate of drug-likeness (QED) is 0.788. The van der Waals surface area contributed by atoms with E-state index in [0.717, 1.165) is 25.9 Å². The predicted octanol–water partition coefficient (Wildman–Crippen LogP) is 2.44. The number of hydrogen-bond donors (Lipinski definition) is 2. The second-order valence-corrected chi connectivity index (χ2v) is 5.29. The largest absolute Gasteiger partial charge is 0.481 e. The minimum Gasteiger partial charge on any atom is -0.481 e. The second-order valence-electron chi connectivity index (χ2n) is 5.29. The topological polar surface area (TPSA) is 49.3 Å². The lowest BCUT2D eigenvalue weighted by Gasteiger charge is -2.43. The number of hydrogen-bond acceptors (Lipinski definition) is 2. The fraction of sp³-hybridized carbons (Fsp3) is 0.917. The first-order valence-electron chi connectivity index (χ1n) is 6.13. The first-order valence-corrected chi connectivity index (χ1v) is 6.13. The van der Waals surface area contributed by atoms with E-state index >= 15 is 0 Å². The molecule has 1 heterocycles. The highest BCUT2D eigenvalue weighted by atomic mass is 35.5. The fourth-order valence-electron chi connectivity index (χ4n) is 3.20. The summed E-state index contributed by atoms with van der Waals surface area (Å²) >= 11 is 0. The zero-order valence-electron chi connectivity index (χ0n) is 9.71. The zero-order chi connectivity index (χ0) is 10.7. The Morgan fingerprint density at radius 2 is 1.75 bits per heavy atom. The molecule has 2 rings (SSSR count). The minimum atomic E-state index is -0.624. The van der Waals surface area contributed by atoms with Crippen molar-refractivity contribution in [3.8, 4) is 0 Å². The van der Waals surface area contributed by atoms with Crippen molar-refractivity contribution in [2.45, 2.75) is 44.9 Å². The smallest absolute Gasteiger partial charge is 0.303 e. The van der Waals surface area contributed by atoms with Crippen molar-refractivity contribution in [2.24, 2.45) is 11.3 Å². The summed E-state index contributed by atoms with van der Waals surface area (Å²) in [4.78, 5) is 10.6. The van der Waals surface area contributed by atoms with Gasteiger partial charge in [-0.05, 0) is 62.9 Å². The first-order chi connectivity index (χ1) is 7.20. The summed E-state index contributed by atoms with van der Waals surface area (Å²) in [5.74, 6) is -0.177. The Bertz CT molecular complexity index is 229. The van der Waals surface area contributed by atoms with Gasteiger partial charge in [0, 0.05) is 6.42 Å². The third kappa shape index (κ3) is 3.36.